The fourth-order valence-corrected chi connectivity index (χ4v) is 4.56. The average molecular weight is 372 g/mol. The van der Waals surface area contributed by atoms with Gasteiger partial charge in [0, 0.05) is 30.1 Å². The van der Waals surface area contributed by atoms with Crippen molar-refractivity contribution in [2.45, 2.75) is 77.0 Å². The molecule has 0 bridgehead atoms. The van der Waals surface area contributed by atoms with Crippen molar-refractivity contribution in [1.82, 2.24) is 14.9 Å². The molecule has 7 nitrogen and oxygen atoms in total. The van der Waals surface area contributed by atoms with Crippen LogP contribution in [0, 0.1) is 13.8 Å². The molecular weight excluding hydrogens is 344 g/mol. The molecule has 0 unspecified atom stereocenters. The van der Waals surface area contributed by atoms with E-state index >= 15 is 0 Å². The van der Waals surface area contributed by atoms with Crippen molar-refractivity contribution in [3.63, 3.8) is 0 Å². The van der Waals surface area contributed by atoms with Crippen molar-refractivity contribution in [1.29, 1.82) is 0 Å². The minimum atomic E-state index is -0.733. The molecule has 1 saturated carbocycles. The summed E-state index contributed by atoms with van der Waals surface area (Å²) in [6.07, 6.45) is 8.56. The van der Waals surface area contributed by atoms with Crippen LogP contribution in [0.4, 0.5) is 4.79 Å². The van der Waals surface area contributed by atoms with Crippen molar-refractivity contribution >= 4 is 18.2 Å². The first-order valence-corrected chi connectivity index (χ1v) is 9.99. The fourth-order valence-electron chi connectivity index (χ4n) is 4.56. The number of aryl methyl sites for hydroxylation is 1. The number of amides is 3. The predicted octanol–water partition coefficient (Wildman–Crippen LogP) is 2.87. The molecule has 27 heavy (non-hydrogen) atoms. The van der Waals surface area contributed by atoms with Gasteiger partial charge >= 0.3 is 6.03 Å². The number of nitrogens with zero attached hydrogens (tertiary/aromatic N) is 3. The van der Waals surface area contributed by atoms with Crippen LogP contribution in [-0.4, -0.2) is 46.0 Å². The number of rotatable bonds is 4. The number of hydrogen-bond donors (Lipinski definition) is 1. The third-order valence-corrected chi connectivity index (χ3v) is 6.18. The molecule has 1 atom stereocenters. The summed E-state index contributed by atoms with van der Waals surface area (Å²) in [5, 5.41) is 8.15. The van der Waals surface area contributed by atoms with E-state index in [-0.39, 0.29) is 12.0 Å². The van der Waals surface area contributed by atoms with Crippen LogP contribution in [0.5, 0.6) is 0 Å². The maximum Gasteiger partial charge on any atom is 0.346 e. The molecule has 0 radical (unpaired) electrons. The van der Waals surface area contributed by atoms with E-state index < -0.39 is 11.6 Å². The highest BCUT2D eigenvalue weighted by Crippen LogP contribution is 2.33. The van der Waals surface area contributed by atoms with E-state index in [4.69, 9.17) is 4.74 Å². The summed E-state index contributed by atoms with van der Waals surface area (Å²) in [5.74, 6) is -0.211. The average Bonchev–Trinajstić information content (AvgIpc) is 3.31. The molecule has 3 fully saturated rings. The maximum absolute atomic E-state index is 12.8. The lowest BCUT2D eigenvalue weighted by Crippen LogP contribution is -2.48. The van der Waals surface area contributed by atoms with Crippen molar-refractivity contribution in [2.24, 2.45) is 5.10 Å². The van der Waals surface area contributed by atoms with Gasteiger partial charge in [0.25, 0.3) is 5.91 Å². The first-order chi connectivity index (χ1) is 13.0. The first-order valence-electron chi connectivity index (χ1n) is 9.99. The molecule has 4 rings (SSSR count). The second-order valence-electron chi connectivity index (χ2n) is 8.01. The summed E-state index contributed by atoms with van der Waals surface area (Å²) < 4.78 is 7.98. The lowest BCUT2D eigenvalue weighted by atomic mass is 9.82. The van der Waals surface area contributed by atoms with Gasteiger partial charge in [0.1, 0.15) is 5.54 Å². The van der Waals surface area contributed by atoms with Crippen LogP contribution >= 0.6 is 0 Å². The normalized spacial score (nSPS) is 25.1. The van der Waals surface area contributed by atoms with E-state index in [0.717, 1.165) is 67.2 Å². The van der Waals surface area contributed by atoms with Crippen LogP contribution in [0.15, 0.2) is 11.2 Å². The van der Waals surface area contributed by atoms with Gasteiger partial charge in [-0.3, -0.25) is 4.79 Å². The molecule has 2 aliphatic heterocycles. The second kappa shape index (κ2) is 7.11. The molecule has 146 valence electrons. The Morgan fingerprint density at radius 1 is 1.26 bits per heavy atom. The van der Waals surface area contributed by atoms with Crippen LogP contribution in [-0.2, 0) is 16.1 Å². The molecule has 2 saturated heterocycles. The molecule has 3 heterocycles. The first kappa shape index (κ1) is 18.2. The Bertz CT molecular complexity index is 770. The van der Waals surface area contributed by atoms with E-state index in [1.54, 1.807) is 6.21 Å². The number of nitrogens with one attached hydrogen (secondary N) is 1. The largest absolute Gasteiger partial charge is 0.376 e. The minimum absolute atomic E-state index is 0.211. The Labute approximate surface area is 159 Å². The highest BCUT2D eigenvalue weighted by Gasteiger charge is 2.51. The smallest absolute Gasteiger partial charge is 0.346 e. The number of ether oxygens (including phenoxy) is 1. The number of imide groups is 1. The zero-order chi connectivity index (χ0) is 19.0. The molecule has 1 N–H and O–H groups in total. The van der Waals surface area contributed by atoms with E-state index in [1.165, 1.54) is 0 Å². The molecule has 0 aromatic carbocycles. The van der Waals surface area contributed by atoms with Gasteiger partial charge in [0.05, 0.1) is 12.3 Å². The van der Waals surface area contributed by atoms with E-state index in [9.17, 15) is 9.59 Å². The fraction of sp³-hybridized carbons (Fsp3) is 0.650. The zero-order valence-electron chi connectivity index (χ0n) is 16.2. The van der Waals surface area contributed by atoms with Gasteiger partial charge in [0.15, 0.2) is 0 Å². The third kappa shape index (κ3) is 3.29. The van der Waals surface area contributed by atoms with E-state index in [0.29, 0.717) is 12.8 Å². The monoisotopic (exact) mass is 372 g/mol. The Kier molecular flexibility index (Phi) is 4.80. The summed E-state index contributed by atoms with van der Waals surface area (Å²) in [4.78, 5) is 25.1. The summed E-state index contributed by atoms with van der Waals surface area (Å²) in [6.45, 7) is 5.77. The number of aromatic nitrogens is 1. The van der Waals surface area contributed by atoms with Gasteiger partial charge < -0.3 is 14.6 Å². The van der Waals surface area contributed by atoms with Crippen LogP contribution in [0.3, 0.4) is 0 Å². The van der Waals surface area contributed by atoms with E-state index in [2.05, 4.69) is 21.9 Å². The number of carbonyl (C=O) groups excluding carboxylic acids is 2. The Morgan fingerprint density at radius 3 is 2.74 bits per heavy atom. The van der Waals surface area contributed by atoms with Crippen LogP contribution in [0.25, 0.3) is 0 Å². The summed E-state index contributed by atoms with van der Waals surface area (Å²) in [5.41, 5.74) is 2.40. The SMILES string of the molecule is Cc1cc(/C=N\N2C(=O)NC3(CCCCC3)C2=O)c(C)n1C[C@H]1CCCO1. The van der Waals surface area contributed by atoms with Gasteiger partial charge in [-0.1, -0.05) is 19.3 Å². The number of urea groups is 1. The van der Waals surface area contributed by atoms with Crippen molar-refractivity contribution in [3.05, 3.63) is 23.0 Å². The van der Waals surface area contributed by atoms with E-state index in [1.807, 2.05) is 13.0 Å². The molecule has 3 aliphatic rings. The molecule has 1 aliphatic carbocycles. The lowest BCUT2D eigenvalue weighted by Gasteiger charge is -2.29. The van der Waals surface area contributed by atoms with Gasteiger partial charge in [-0.15, -0.1) is 5.01 Å². The van der Waals surface area contributed by atoms with Crippen LogP contribution in [0.1, 0.15) is 61.9 Å². The molecule has 7 heteroatoms. The van der Waals surface area contributed by atoms with Gasteiger partial charge in [-0.25, -0.2) is 4.79 Å². The standard InChI is InChI=1S/C20H28N4O3/c1-14-11-16(15(2)23(14)13-17-7-6-10-27-17)12-21-24-18(25)20(22-19(24)26)8-4-3-5-9-20/h11-12,17H,3-10,13H2,1-2H3,(H,22,26)/b21-12-/t17-/m1/s1. The molecule has 1 spiro atoms. The quantitative estimate of drug-likeness (QED) is 0.652. The number of carbonyl (C=O) groups is 2. The number of hydrogen-bond acceptors (Lipinski definition) is 4. The third-order valence-electron chi connectivity index (χ3n) is 6.18. The van der Waals surface area contributed by atoms with Gasteiger partial charge in [-0.2, -0.15) is 5.10 Å². The zero-order valence-corrected chi connectivity index (χ0v) is 16.2. The maximum atomic E-state index is 12.8. The lowest BCUT2D eigenvalue weighted by molar-refractivity contribution is -0.132. The summed E-state index contributed by atoms with van der Waals surface area (Å²) >= 11 is 0. The van der Waals surface area contributed by atoms with Crippen molar-refractivity contribution < 1.29 is 14.3 Å². The van der Waals surface area contributed by atoms with Crippen LogP contribution in [0.2, 0.25) is 0 Å². The molecule has 1 aromatic heterocycles. The van der Waals surface area contributed by atoms with Crippen LogP contribution < -0.4 is 5.32 Å². The summed E-state index contributed by atoms with van der Waals surface area (Å²) in [6, 6.07) is 1.63. The minimum Gasteiger partial charge on any atom is -0.376 e. The molecular formula is C20H28N4O3. The predicted molar refractivity (Wildman–Crippen MR) is 102 cm³/mol. The second-order valence-corrected chi connectivity index (χ2v) is 8.01. The molecule has 1 aromatic rings. The summed E-state index contributed by atoms with van der Waals surface area (Å²) in [7, 11) is 0. The number of hydrazone groups is 1. The van der Waals surface area contributed by atoms with Crippen molar-refractivity contribution in [3.8, 4) is 0 Å². The highest BCUT2D eigenvalue weighted by atomic mass is 16.5. The Hall–Kier alpha value is -2.15. The van der Waals surface area contributed by atoms with Crippen molar-refractivity contribution in [2.75, 3.05) is 6.61 Å². The molecule has 3 amide bonds. The highest BCUT2D eigenvalue weighted by molar-refractivity contribution is 6.07. The Morgan fingerprint density at radius 2 is 2.04 bits per heavy atom. The Balaban J connectivity index is 1.51. The topological polar surface area (TPSA) is 75.9 Å². The van der Waals surface area contributed by atoms with Gasteiger partial charge in [0.2, 0.25) is 0 Å². The van der Waals surface area contributed by atoms with Gasteiger partial charge in [-0.05, 0) is 45.6 Å².